The number of rotatable bonds is 7. The highest BCUT2D eigenvalue weighted by molar-refractivity contribution is 7.99. The molecule has 0 aliphatic carbocycles. The predicted molar refractivity (Wildman–Crippen MR) is 125 cm³/mol. The summed E-state index contributed by atoms with van der Waals surface area (Å²) in [4.78, 5) is 15.8. The lowest BCUT2D eigenvalue weighted by atomic mass is 10.2. The fraction of sp³-hybridized carbons (Fsp3) is 0.227. The fourth-order valence-electron chi connectivity index (χ4n) is 3.76. The lowest BCUT2D eigenvalue weighted by Crippen LogP contribution is -2.28. The normalized spacial score (nSPS) is 14.7. The third-order valence-corrected chi connectivity index (χ3v) is 8.09. The van der Waals surface area contributed by atoms with Crippen molar-refractivity contribution in [3.8, 4) is 11.5 Å². The molecular formula is C22H21N5O4S2. The monoisotopic (exact) mass is 483 g/mol. The molecule has 0 radical (unpaired) electrons. The first-order chi connectivity index (χ1) is 16.0. The molecule has 1 amide bonds. The SMILES string of the molecule is O=C(CSc1nnc(-c2c[nH]c3ccccc23)o1)Nc1cccc(S(=O)(=O)N2CCCC2)c1. The molecule has 4 aromatic rings. The third kappa shape index (κ3) is 4.52. The van der Waals surface area contributed by atoms with Crippen molar-refractivity contribution in [1.82, 2.24) is 19.5 Å². The molecule has 2 N–H and O–H groups in total. The number of amides is 1. The fourth-order valence-corrected chi connectivity index (χ4v) is 5.89. The summed E-state index contributed by atoms with van der Waals surface area (Å²) in [6, 6.07) is 14.1. The molecule has 1 aliphatic heterocycles. The number of nitrogens with one attached hydrogen (secondary N) is 2. The van der Waals surface area contributed by atoms with Crippen LogP contribution in [0.1, 0.15) is 12.8 Å². The Morgan fingerprint density at radius 2 is 1.94 bits per heavy atom. The minimum Gasteiger partial charge on any atom is -0.411 e. The molecule has 0 atom stereocenters. The van der Waals surface area contributed by atoms with Gasteiger partial charge in [0.05, 0.1) is 16.2 Å². The molecule has 11 heteroatoms. The van der Waals surface area contributed by atoms with E-state index < -0.39 is 10.0 Å². The Morgan fingerprint density at radius 1 is 1.12 bits per heavy atom. The van der Waals surface area contributed by atoms with E-state index >= 15 is 0 Å². The van der Waals surface area contributed by atoms with Gasteiger partial charge in [-0.15, -0.1) is 10.2 Å². The van der Waals surface area contributed by atoms with Crippen LogP contribution >= 0.6 is 11.8 Å². The van der Waals surface area contributed by atoms with Gasteiger partial charge in [-0.05, 0) is 37.1 Å². The maximum Gasteiger partial charge on any atom is 0.277 e. The van der Waals surface area contributed by atoms with Gasteiger partial charge in [-0.3, -0.25) is 4.79 Å². The standard InChI is InChI=1S/C22H21N5O4S2/c28-20(24-15-6-5-7-16(12-15)33(29,30)27-10-3-4-11-27)14-32-22-26-25-21(31-22)18-13-23-19-9-2-1-8-17(18)19/h1-2,5-9,12-13,23H,3-4,10-11,14H2,(H,24,28). The van der Waals surface area contributed by atoms with E-state index in [1.54, 1.807) is 18.2 Å². The van der Waals surface area contributed by atoms with Crippen molar-refractivity contribution >= 4 is 44.3 Å². The minimum absolute atomic E-state index is 0.0403. The van der Waals surface area contributed by atoms with E-state index in [1.807, 2.05) is 30.5 Å². The molecule has 1 fully saturated rings. The highest BCUT2D eigenvalue weighted by Gasteiger charge is 2.27. The molecule has 2 aromatic carbocycles. The second-order valence-corrected chi connectivity index (χ2v) is 10.5. The molecule has 5 rings (SSSR count). The summed E-state index contributed by atoms with van der Waals surface area (Å²) in [6.45, 7) is 1.06. The van der Waals surface area contributed by atoms with E-state index in [0.29, 0.717) is 24.7 Å². The number of nitrogens with zero attached hydrogens (tertiary/aromatic N) is 3. The zero-order valence-corrected chi connectivity index (χ0v) is 19.2. The molecule has 9 nitrogen and oxygen atoms in total. The van der Waals surface area contributed by atoms with Gasteiger partial charge >= 0.3 is 0 Å². The number of aromatic nitrogens is 3. The lowest BCUT2D eigenvalue weighted by molar-refractivity contribution is -0.113. The Balaban J connectivity index is 1.22. The molecule has 1 saturated heterocycles. The zero-order chi connectivity index (χ0) is 22.8. The Labute approximate surface area is 194 Å². The van der Waals surface area contributed by atoms with E-state index in [2.05, 4.69) is 20.5 Å². The number of carbonyl (C=O) groups is 1. The average molecular weight is 484 g/mol. The van der Waals surface area contributed by atoms with Crippen molar-refractivity contribution in [3.63, 3.8) is 0 Å². The van der Waals surface area contributed by atoms with Crippen molar-refractivity contribution in [2.45, 2.75) is 23.0 Å². The number of H-pyrrole nitrogens is 1. The van der Waals surface area contributed by atoms with Crippen LogP contribution in [-0.2, 0) is 14.8 Å². The van der Waals surface area contributed by atoms with Crippen LogP contribution in [0.4, 0.5) is 5.69 Å². The number of thioether (sulfide) groups is 1. The molecule has 3 heterocycles. The second kappa shape index (κ2) is 9.00. The Hall–Kier alpha value is -3.15. The van der Waals surface area contributed by atoms with Crippen molar-refractivity contribution in [1.29, 1.82) is 0 Å². The number of hydrogen-bond acceptors (Lipinski definition) is 7. The minimum atomic E-state index is -3.55. The zero-order valence-electron chi connectivity index (χ0n) is 17.5. The van der Waals surface area contributed by atoms with Crippen LogP contribution in [-0.4, -0.2) is 52.7 Å². The topological polar surface area (TPSA) is 121 Å². The number of aromatic amines is 1. The van der Waals surface area contributed by atoms with Gasteiger partial charge in [-0.2, -0.15) is 4.31 Å². The van der Waals surface area contributed by atoms with Gasteiger partial charge in [0.2, 0.25) is 15.9 Å². The van der Waals surface area contributed by atoms with Crippen LogP contribution in [0.15, 0.2) is 69.3 Å². The van der Waals surface area contributed by atoms with Crippen molar-refractivity contribution in [2.75, 3.05) is 24.2 Å². The Bertz CT molecular complexity index is 1410. The average Bonchev–Trinajstić information content (AvgIpc) is 3.58. The van der Waals surface area contributed by atoms with Crippen molar-refractivity contribution in [2.24, 2.45) is 0 Å². The van der Waals surface area contributed by atoms with Crippen LogP contribution < -0.4 is 5.32 Å². The van der Waals surface area contributed by atoms with Crippen LogP contribution in [0.5, 0.6) is 0 Å². The van der Waals surface area contributed by atoms with Gasteiger partial charge in [0.1, 0.15) is 0 Å². The molecule has 0 bridgehead atoms. The maximum absolute atomic E-state index is 12.7. The van der Waals surface area contributed by atoms with E-state index in [1.165, 1.54) is 10.4 Å². The van der Waals surface area contributed by atoms with Crippen LogP contribution in [0, 0.1) is 0 Å². The largest absolute Gasteiger partial charge is 0.411 e. The van der Waals surface area contributed by atoms with Gasteiger partial charge in [-0.25, -0.2) is 8.42 Å². The Morgan fingerprint density at radius 3 is 2.79 bits per heavy atom. The molecular weight excluding hydrogens is 462 g/mol. The number of fused-ring (bicyclic) bond motifs is 1. The van der Waals surface area contributed by atoms with Gasteiger partial charge in [-0.1, -0.05) is 36.0 Å². The van der Waals surface area contributed by atoms with E-state index in [0.717, 1.165) is 41.1 Å². The second-order valence-electron chi connectivity index (χ2n) is 7.60. The van der Waals surface area contributed by atoms with Gasteiger partial charge in [0, 0.05) is 35.9 Å². The molecule has 1 aliphatic rings. The van der Waals surface area contributed by atoms with Crippen LogP contribution in [0.2, 0.25) is 0 Å². The summed E-state index contributed by atoms with van der Waals surface area (Å²) in [5.74, 6) is 0.108. The van der Waals surface area contributed by atoms with Gasteiger partial charge in [0.25, 0.3) is 11.1 Å². The van der Waals surface area contributed by atoms with Crippen LogP contribution in [0.25, 0.3) is 22.4 Å². The first-order valence-electron chi connectivity index (χ1n) is 10.4. The van der Waals surface area contributed by atoms with Gasteiger partial charge < -0.3 is 14.7 Å². The van der Waals surface area contributed by atoms with E-state index in [-0.39, 0.29) is 21.8 Å². The number of para-hydroxylation sites is 1. The highest BCUT2D eigenvalue weighted by Crippen LogP contribution is 2.29. The van der Waals surface area contributed by atoms with Crippen LogP contribution in [0.3, 0.4) is 0 Å². The summed E-state index contributed by atoms with van der Waals surface area (Å²) in [5, 5.41) is 12.1. The molecule has 170 valence electrons. The molecule has 0 unspecified atom stereocenters. The number of anilines is 1. The number of sulfonamides is 1. The molecule has 0 saturated carbocycles. The lowest BCUT2D eigenvalue weighted by Gasteiger charge is -2.16. The third-order valence-electron chi connectivity index (χ3n) is 5.37. The number of carbonyl (C=O) groups excluding carboxylic acids is 1. The van der Waals surface area contributed by atoms with Gasteiger partial charge in [0.15, 0.2) is 0 Å². The number of hydrogen-bond donors (Lipinski definition) is 2. The summed E-state index contributed by atoms with van der Waals surface area (Å²) in [5.41, 5.74) is 2.18. The summed E-state index contributed by atoms with van der Waals surface area (Å²) in [6.07, 6.45) is 3.54. The predicted octanol–water partition coefficient (Wildman–Crippen LogP) is 3.73. The summed E-state index contributed by atoms with van der Waals surface area (Å²) in [7, 11) is -3.55. The smallest absolute Gasteiger partial charge is 0.277 e. The molecule has 33 heavy (non-hydrogen) atoms. The highest BCUT2D eigenvalue weighted by atomic mass is 32.2. The van der Waals surface area contributed by atoms with E-state index in [9.17, 15) is 13.2 Å². The first-order valence-corrected chi connectivity index (χ1v) is 12.9. The van der Waals surface area contributed by atoms with Crippen molar-refractivity contribution in [3.05, 3.63) is 54.7 Å². The Kier molecular flexibility index (Phi) is 5.92. The number of benzene rings is 2. The summed E-state index contributed by atoms with van der Waals surface area (Å²) >= 11 is 1.11. The van der Waals surface area contributed by atoms with Crippen molar-refractivity contribution < 1.29 is 17.6 Å². The molecule has 0 spiro atoms. The summed E-state index contributed by atoms with van der Waals surface area (Å²) < 4.78 is 32.7. The first kappa shape index (κ1) is 21.7. The molecule has 2 aromatic heterocycles. The maximum atomic E-state index is 12.7. The van der Waals surface area contributed by atoms with E-state index in [4.69, 9.17) is 4.42 Å². The quantitative estimate of drug-likeness (QED) is 0.384.